The number of piperazine rings is 4. The predicted octanol–water partition coefficient (Wildman–Crippen LogP) is 12.9. The minimum atomic E-state index is 0.803. The maximum absolute atomic E-state index is 5.29. The lowest BCUT2D eigenvalue weighted by Gasteiger charge is -2.33. The Morgan fingerprint density at radius 2 is 0.752 bits per heavy atom. The van der Waals surface area contributed by atoms with Crippen molar-refractivity contribution in [2.45, 2.75) is 64.2 Å². The highest BCUT2D eigenvalue weighted by molar-refractivity contribution is 5.50. The van der Waals surface area contributed by atoms with Gasteiger partial charge in [0.15, 0.2) is 11.5 Å². The molecule has 0 amide bonds. The van der Waals surface area contributed by atoms with E-state index in [1.54, 1.807) is 21.3 Å². The van der Waals surface area contributed by atoms with E-state index in [0.29, 0.717) is 0 Å². The topological polar surface area (TPSA) is 117 Å². The molecule has 9 aromatic rings. The van der Waals surface area contributed by atoms with Crippen LogP contribution in [-0.4, -0.2) is 276 Å². The fourth-order valence-corrected chi connectivity index (χ4v) is 14.8. The Hall–Kier alpha value is -8.99. The third-order valence-corrected chi connectivity index (χ3v) is 22.2. The third-order valence-electron chi connectivity index (χ3n) is 22.2. The average molecular weight is 1540 g/mol. The van der Waals surface area contributed by atoms with Gasteiger partial charge in [0.1, 0.15) is 11.6 Å². The molecule has 1 N–H and O–H groups in total. The number of piperidine rings is 1. The van der Waals surface area contributed by atoms with Crippen LogP contribution in [0.2, 0.25) is 0 Å². The van der Waals surface area contributed by atoms with Crippen molar-refractivity contribution in [3.63, 3.8) is 0 Å². The number of methoxy groups -OCH3 is 3. The first-order valence-corrected chi connectivity index (χ1v) is 41.1. The lowest BCUT2D eigenvalue weighted by molar-refractivity contribution is 0.255. The fourth-order valence-electron chi connectivity index (χ4n) is 14.8. The number of hydrogen-bond acceptors (Lipinski definition) is 19. The molecule has 17 rings (SSSR count). The van der Waals surface area contributed by atoms with Crippen LogP contribution in [0.5, 0.6) is 17.2 Å². The molecule has 5 saturated heterocycles. The number of anilines is 4. The molecular weight excluding hydrogens is 1400 g/mol. The van der Waals surface area contributed by atoms with Gasteiger partial charge in [0.05, 0.1) is 33.2 Å². The SMILES string of the molecule is CN1CCC(c2ccccc2)CC1.CN1CCN(c2ccccc2)CC1.CN1CCN(c2ccccn2)CC1.CN1CCN(c2cccnc2)CC1.CN1CCN(c2ccncc2)CC1.CN1CCc2ccccc2C1.CNCc1ccccc1.COc1cc2c(cc1OC)CN(C)CC2.COc1ccc2c(c1)CN(C)CC2. The van der Waals surface area contributed by atoms with E-state index in [-0.39, 0.29) is 0 Å². The lowest BCUT2D eigenvalue weighted by Crippen LogP contribution is -2.44. The highest BCUT2D eigenvalue weighted by atomic mass is 16.5. The number of likely N-dealkylation sites (N-methyl/N-ethyl adjacent to an activating group) is 7. The van der Waals surface area contributed by atoms with E-state index >= 15 is 0 Å². The molecular formula is C94H134N16O3. The number of hydrogen-bond donors (Lipinski definition) is 1. The molecule has 3 aromatic heterocycles. The summed E-state index contributed by atoms with van der Waals surface area (Å²) in [6.07, 6.45) is 15.4. The predicted molar refractivity (Wildman–Crippen MR) is 472 cm³/mol. The molecule has 113 heavy (non-hydrogen) atoms. The molecule has 0 atom stereocenters. The summed E-state index contributed by atoms with van der Waals surface area (Å²) < 4.78 is 15.8. The quantitative estimate of drug-likeness (QED) is 0.140. The zero-order valence-corrected chi connectivity index (χ0v) is 70.5. The first-order valence-electron chi connectivity index (χ1n) is 41.1. The summed E-state index contributed by atoms with van der Waals surface area (Å²) in [4.78, 5) is 40.9. The second-order valence-electron chi connectivity index (χ2n) is 30.9. The Morgan fingerprint density at radius 1 is 0.327 bits per heavy atom. The van der Waals surface area contributed by atoms with Crippen molar-refractivity contribution >= 4 is 22.9 Å². The molecule has 19 heteroatoms. The summed E-state index contributed by atoms with van der Waals surface area (Å²) in [6.45, 7) is 28.3. The number of nitrogens with zero attached hydrogens (tertiary/aromatic N) is 15. The molecule has 0 unspecified atom stereocenters. The number of pyridine rings is 3. The lowest BCUT2D eigenvalue weighted by atomic mass is 9.90. The van der Waals surface area contributed by atoms with Gasteiger partial charge in [-0.25, -0.2) is 4.98 Å². The zero-order chi connectivity index (χ0) is 79.8. The van der Waals surface area contributed by atoms with Crippen LogP contribution in [0.15, 0.2) is 219 Å². The van der Waals surface area contributed by atoms with Gasteiger partial charge in [0.2, 0.25) is 0 Å². The standard InChI is InChI=1S/C12H17NO2.C12H17N.C11H16N2.C11H15NO.3C10H15N3.C10H13N.C8H11N/c1-13-5-4-9-6-11(14-2)12(15-3)7-10(9)8-13;1-13-9-7-12(8-10-13)11-5-3-2-4-6-11;1-12-7-9-13(10-8-12)11-5-3-2-4-6-11;1-12-6-5-9-3-4-11(13-2)7-10(9)8-12;1-12-6-8-13(9-7-12)10-2-4-11-5-3-10;1-12-5-7-13(8-6-12)10-3-2-4-11-9-10;1-12-6-8-13(9-7-12)10-4-2-3-5-11-10;1-11-7-6-9-4-2-3-5-10(9)8-11;1-9-7-8-5-3-2-4-6-8/h6-7H,4-5,8H2,1-3H3;2-6,12H,7-10H2,1H3;2-6H,7-10H2,1H3;3-4,7H,5-6,8H2,1-2H3;2-5H,6-9H2,1H3;2-4,9H,5-8H2,1H3;2-5H,6-9H2,1H3;2-5H,6-8H2,1H3;2-6,9H,7H2,1H3. The molecule has 6 aromatic carbocycles. The highest BCUT2D eigenvalue weighted by Gasteiger charge is 2.22. The first-order chi connectivity index (χ1) is 55.1. The van der Waals surface area contributed by atoms with E-state index in [0.717, 1.165) is 166 Å². The molecule has 8 aliphatic rings. The van der Waals surface area contributed by atoms with Crippen LogP contribution in [0, 0.1) is 0 Å². The van der Waals surface area contributed by atoms with E-state index in [1.807, 2.05) is 80.5 Å². The van der Waals surface area contributed by atoms with Crippen molar-refractivity contribution in [1.29, 1.82) is 0 Å². The normalized spacial score (nSPS) is 17.6. The molecule has 0 saturated carbocycles. The second kappa shape index (κ2) is 48.9. The molecule has 19 nitrogen and oxygen atoms in total. The summed E-state index contributed by atoms with van der Waals surface area (Å²) in [5, 5.41) is 3.08. The summed E-state index contributed by atoms with van der Waals surface area (Å²) in [5.74, 6) is 4.54. The zero-order valence-electron chi connectivity index (χ0n) is 70.5. The second-order valence-corrected chi connectivity index (χ2v) is 30.9. The minimum absolute atomic E-state index is 0.803. The Kier molecular flexibility index (Phi) is 38.1. The minimum Gasteiger partial charge on any atom is -0.497 e. The van der Waals surface area contributed by atoms with Crippen LogP contribution < -0.4 is 39.1 Å². The Labute approximate surface area is 679 Å². The van der Waals surface area contributed by atoms with E-state index in [2.05, 4.69) is 281 Å². The number of nitrogens with one attached hydrogen (secondary N) is 1. The van der Waals surface area contributed by atoms with Crippen LogP contribution in [0.4, 0.5) is 22.9 Å². The molecule has 8 aliphatic heterocycles. The van der Waals surface area contributed by atoms with Gasteiger partial charge in [0, 0.05) is 187 Å². The maximum atomic E-state index is 5.29. The Balaban J connectivity index is 0.000000146. The molecule has 0 radical (unpaired) electrons. The van der Waals surface area contributed by atoms with Gasteiger partial charge in [0.25, 0.3) is 0 Å². The van der Waals surface area contributed by atoms with E-state index in [1.165, 1.54) is 120 Å². The van der Waals surface area contributed by atoms with Crippen molar-refractivity contribution in [1.82, 2.24) is 59.5 Å². The molecule has 608 valence electrons. The largest absolute Gasteiger partial charge is 0.497 e. The maximum Gasteiger partial charge on any atom is 0.161 e. The highest BCUT2D eigenvalue weighted by Crippen LogP contribution is 2.33. The van der Waals surface area contributed by atoms with Gasteiger partial charge in [-0.05, 0) is 232 Å². The van der Waals surface area contributed by atoms with Crippen molar-refractivity contribution < 1.29 is 14.2 Å². The Bertz CT molecular complexity index is 3650. The Morgan fingerprint density at radius 3 is 1.25 bits per heavy atom. The van der Waals surface area contributed by atoms with Gasteiger partial charge in [-0.3, -0.25) is 9.97 Å². The van der Waals surface area contributed by atoms with Crippen LogP contribution in [0.25, 0.3) is 0 Å². The van der Waals surface area contributed by atoms with E-state index in [9.17, 15) is 0 Å². The number of ether oxygens (including phenoxy) is 3. The molecule has 0 spiro atoms. The van der Waals surface area contributed by atoms with Crippen molar-refractivity contribution in [2.24, 2.45) is 0 Å². The van der Waals surface area contributed by atoms with Crippen molar-refractivity contribution in [3.8, 4) is 17.2 Å². The molecule has 5 fully saturated rings. The monoisotopic (exact) mass is 1540 g/mol. The van der Waals surface area contributed by atoms with Crippen LogP contribution in [0.3, 0.4) is 0 Å². The molecule has 0 aliphatic carbocycles. The number of fused-ring (bicyclic) bond motifs is 3. The van der Waals surface area contributed by atoms with Gasteiger partial charge in [-0.2, -0.15) is 0 Å². The summed E-state index contributed by atoms with van der Waals surface area (Å²) >= 11 is 0. The van der Waals surface area contributed by atoms with Crippen molar-refractivity contribution in [3.05, 3.63) is 264 Å². The van der Waals surface area contributed by atoms with Crippen LogP contribution >= 0.6 is 0 Å². The number of rotatable bonds is 10. The molecule has 0 bridgehead atoms. The van der Waals surface area contributed by atoms with E-state index in [4.69, 9.17) is 14.2 Å². The number of aromatic nitrogens is 3. The number of para-hydroxylation sites is 1. The first kappa shape index (κ1) is 88.0. The van der Waals surface area contributed by atoms with Gasteiger partial charge < -0.3 is 78.3 Å². The van der Waals surface area contributed by atoms with Gasteiger partial charge >= 0.3 is 0 Å². The number of benzene rings is 6. The van der Waals surface area contributed by atoms with Crippen molar-refractivity contribution in [2.75, 3.05) is 242 Å². The van der Waals surface area contributed by atoms with Crippen LogP contribution in [-0.2, 0) is 45.4 Å². The summed E-state index contributed by atoms with van der Waals surface area (Å²) in [7, 11) is 24.4. The van der Waals surface area contributed by atoms with E-state index < -0.39 is 0 Å². The van der Waals surface area contributed by atoms with Gasteiger partial charge in [-0.1, -0.05) is 115 Å². The average Bonchev–Trinajstić information content (AvgIpc) is 0.802. The van der Waals surface area contributed by atoms with Crippen LogP contribution in [0.1, 0.15) is 63.3 Å². The number of likely N-dealkylation sites (tertiary alicyclic amines) is 1. The summed E-state index contributed by atoms with van der Waals surface area (Å²) in [5.41, 5.74) is 15.4. The van der Waals surface area contributed by atoms with Gasteiger partial charge in [-0.15, -0.1) is 0 Å². The summed E-state index contributed by atoms with van der Waals surface area (Å²) in [6, 6.07) is 65.5. The fraction of sp³-hybridized carbons (Fsp3) is 0.457. The third kappa shape index (κ3) is 30.7. The molecule has 11 heterocycles. The smallest absolute Gasteiger partial charge is 0.161 e.